The summed E-state index contributed by atoms with van der Waals surface area (Å²) in [6, 6.07) is 0. The molecule has 2 fully saturated rings. The van der Waals surface area contributed by atoms with Crippen molar-refractivity contribution in [3.05, 3.63) is 0 Å². The molecule has 3 heteroatoms. The molecule has 0 aromatic rings. The standard InChI is InChI=1S/C16H30N2O/c1-13-7-3-4-8-14(13)11-18-15(19)16(12-17)9-5-2-6-10-16/h13-14H,2-12,17H2,1H3,(H,18,19). The van der Waals surface area contributed by atoms with Gasteiger partial charge in [0.05, 0.1) is 5.41 Å². The summed E-state index contributed by atoms with van der Waals surface area (Å²) in [5.74, 6) is 1.66. The van der Waals surface area contributed by atoms with Gasteiger partial charge >= 0.3 is 0 Å². The lowest BCUT2D eigenvalue weighted by atomic mass is 9.73. The number of rotatable bonds is 4. The van der Waals surface area contributed by atoms with Gasteiger partial charge in [-0.3, -0.25) is 4.79 Å². The molecular weight excluding hydrogens is 236 g/mol. The number of amides is 1. The molecule has 0 saturated heterocycles. The van der Waals surface area contributed by atoms with Gasteiger partial charge in [-0.1, -0.05) is 45.4 Å². The maximum absolute atomic E-state index is 12.5. The van der Waals surface area contributed by atoms with Crippen LogP contribution in [0.2, 0.25) is 0 Å². The smallest absolute Gasteiger partial charge is 0.227 e. The lowest BCUT2D eigenvalue weighted by Gasteiger charge is -2.36. The van der Waals surface area contributed by atoms with Crippen LogP contribution in [0, 0.1) is 17.3 Å². The molecule has 2 aliphatic carbocycles. The van der Waals surface area contributed by atoms with Crippen LogP contribution in [0.5, 0.6) is 0 Å². The highest BCUT2D eigenvalue weighted by Crippen LogP contribution is 2.36. The fourth-order valence-electron chi connectivity index (χ4n) is 3.86. The molecule has 2 rings (SSSR count). The second-order valence-corrected chi connectivity index (χ2v) is 6.78. The van der Waals surface area contributed by atoms with E-state index in [1.54, 1.807) is 0 Å². The molecular formula is C16H30N2O. The van der Waals surface area contributed by atoms with Crippen LogP contribution >= 0.6 is 0 Å². The van der Waals surface area contributed by atoms with Gasteiger partial charge in [0.1, 0.15) is 0 Å². The number of carbonyl (C=O) groups excluding carboxylic acids is 1. The largest absolute Gasteiger partial charge is 0.355 e. The van der Waals surface area contributed by atoms with Crippen LogP contribution in [0.25, 0.3) is 0 Å². The van der Waals surface area contributed by atoms with Crippen molar-refractivity contribution < 1.29 is 4.79 Å². The van der Waals surface area contributed by atoms with Crippen molar-refractivity contribution in [3.63, 3.8) is 0 Å². The summed E-state index contributed by atoms with van der Waals surface area (Å²) < 4.78 is 0. The monoisotopic (exact) mass is 266 g/mol. The highest BCUT2D eigenvalue weighted by Gasteiger charge is 2.38. The first-order valence-corrected chi connectivity index (χ1v) is 8.16. The van der Waals surface area contributed by atoms with Crippen LogP contribution < -0.4 is 11.1 Å². The zero-order valence-corrected chi connectivity index (χ0v) is 12.4. The van der Waals surface area contributed by atoms with Crippen molar-refractivity contribution in [2.24, 2.45) is 23.0 Å². The van der Waals surface area contributed by atoms with Gasteiger partial charge in [-0.05, 0) is 31.1 Å². The first kappa shape index (κ1) is 14.8. The summed E-state index contributed by atoms with van der Waals surface area (Å²) in [5.41, 5.74) is 5.66. The van der Waals surface area contributed by atoms with Gasteiger partial charge in [0, 0.05) is 13.1 Å². The zero-order chi connectivity index (χ0) is 13.7. The molecule has 2 saturated carbocycles. The van der Waals surface area contributed by atoms with Crippen molar-refractivity contribution in [1.29, 1.82) is 0 Å². The van der Waals surface area contributed by atoms with E-state index >= 15 is 0 Å². The second kappa shape index (κ2) is 6.74. The van der Waals surface area contributed by atoms with Gasteiger partial charge in [0.15, 0.2) is 0 Å². The molecule has 0 radical (unpaired) electrons. The lowest BCUT2D eigenvalue weighted by Crippen LogP contribution is -2.48. The zero-order valence-electron chi connectivity index (χ0n) is 12.4. The van der Waals surface area contributed by atoms with E-state index in [2.05, 4.69) is 12.2 Å². The van der Waals surface area contributed by atoms with Gasteiger partial charge in [0.25, 0.3) is 0 Å². The first-order chi connectivity index (χ1) is 9.18. The number of nitrogens with one attached hydrogen (secondary N) is 1. The molecule has 0 heterocycles. The molecule has 2 aliphatic rings. The summed E-state index contributed by atoms with van der Waals surface area (Å²) in [7, 11) is 0. The topological polar surface area (TPSA) is 55.1 Å². The SMILES string of the molecule is CC1CCCCC1CNC(=O)C1(CN)CCCCC1. The van der Waals surface area contributed by atoms with Crippen molar-refractivity contribution in [3.8, 4) is 0 Å². The van der Waals surface area contributed by atoms with Gasteiger partial charge in [0.2, 0.25) is 5.91 Å². The summed E-state index contributed by atoms with van der Waals surface area (Å²) in [6.07, 6.45) is 10.8. The number of nitrogens with two attached hydrogens (primary N) is 1. The van der Waals surface area contributed by atoms with E-state index in [1.807, 2.05) is 0 Å². The van der Waals surface area contributed by atoms with E-state index in [0.717, 1.165) is 38.1 Å². The van der Waals surface area contributed by atoms with E-state index in [4.69, 9.17) is 5.73 Å². The predicted octanol–water partition coefficient (Wildman–Crippen LogP) is 2.84. The molecule has 110 valence electrons. The maximum Gasteiger partial charge on any atom is 0.227 e. The van der Waals surface area contributed by atoms with Crippen LogP contribution in [-0.4, -0.2) is 19.0 Å². The molecule has 3 nitrogen and oxygen atoms in total. The summed E-state index contributed by atoms with van der Waals surface area (Å²) in [5, 5.41) is 3.23. The van der Waals surface area contributed by atoms with Crippen LogP contribution in [0.4, 0.5) is 0 Å². The molecule has 0 aromatic carbocycles. The molecule has 0 spiro atoms. The molecule has 2 unspecified atom stereocenters. The molecule has 1 amide bonds. The third-order valence-corrected chi connectivity index (χ3v) is 5.50. The molecule has 19 heavy (non-hydrogen) atoms. The van der Waals surface area contributed by atoms with E-state index in [1.165, 1.54) is 32.1 Å². The summed E-state index contributed by atoms with van der Waals surface area (Å²) in [6.45, 7) is 3.70. The third-order valence-electron chi connectivity index (χ3n) is 5.50. The van der Waals surface area contributed by atoms with Crippen molar-refractivity contribution in [2.75, 3.05) is 13.1 Å². The number of carbonyl (C=O) groups is 1. The number of hydrogen-bond acceptors (Lipinski definition) is 2. The molecule has 0 bridgehead atoms. The van der Waals surface area contributed by atoms with Crippen LogP contribution in [0.1, 0.15) is 64.7 Å². The van der Waals surface area contributed by atoms with Gasteiger partial charge in [-0.25, -0.2) is 0 Å². The average molecular weight is 266 g/mol. The minimum Gasteiger partial charge on any atom is -0.355 e. The quantitative estimate of drug-likeness (QED) is 0.822. The average Bonchev–Trinajstić information content (AvgIpc) is 2.46. The third kappa shape index (κ3) is 3.50. The molecule has 0 aliphatic heterocycles. The van der Waals surface area contributed by atoms with Crippen LogP contribution in [0.3, 0.4) is 0 Å². The Hall–Kier alpha value is -0.570. The Morgan fingerprint density at radius 3 is 2.47 bits per heavy atom. The maximum atomic E-state index is 12.5. The molecule has 0 aromatic heterocycles. The van der Waals surface area contributed by atoms with Crippen LogP contribution in [-0.2, 0) is 4.79 Å². The minimum atomic E-state index is -0.254. The fourth-order valence-corrected chi connectivity index (χ4v) is 3.86. The summed E-state index contributed by atoms with van der Waals surface area (Å²) >= 11 is 0. The van der Waals surface area contributed by atoms with E-state index in [0.29, 0.717) is 12.5 Å². The Morgan fingerprint density at radius 1 is 1.16 bits per heavy atom. The second-order valence-electron chi connectivity index (χ2n) is 6.78. The highest BCUT2D eigenvalue weighted by molar-refractivity contribution is 5.83. The van der Waals surface area contributed by atoms with E-state index in [-0.39, 0.29) is 11.3 Å². The van der Waals surface area contributed by atoms with E-state index < -0.39 is 0 Å². The Kier molecular flexibility index (Phi) is 5.26. The Labute approximate surface area is 117 Å². The van der Waals surface area contributed by atoms with Crippen molar-refractivity contribution in [1.82, 2.24) is 5.32 Å². The predicted molar refractivity (Wildman–Crippen MR) is 78.7 cm³/mol. The van der Waals surface area contributed by atoms with Gasteiger partial charge < -0.3 is 11.1 Å². The molecule has 2 atom stereocenters. The Balaban J connectivity index is 1.85. The van der Waals surface area contributed by atoms with Gasteiger partial charge in [-0.15, -0.1) is 0 Å². The normalized spacial score (nSPS) is 30.8. The van der Waals surface area contributed by atoms with Gasteiger partial charge in [-0.2, -0.15) is 0 Å². The van der Waals surface area contributed by atoms with Crippen molar-refractivity contribution >= 4 is 5.91 Å². The lowest BCUT2D eigenvalue weighted by molar-refractivity contribution is -0.132. The molecule has 3 N–H and O–H groups in total. The van der Waals surface area contributed by atoms with Crippen LogP contribution in [0.15, 0.2) is 0 Å². The highest BCUT2D eigenvalue weighted by atomic mass is 16.2. The fraction of sp³-hybridized carbons (Fsp3) is 0.938. The Bertz CT molecular complexity index is 297. The van der Waals surface area contributed by atoms with Crippen molar-refractivity contribution in [2.45, 2.75) is 64.7 Å². The summed E-state index contributed by atoms with van der Waals surface area (Å²) in [4.78, 5) is 12.5. The minimum absolute atomic E-state index is 0.229. The first-order valence-electron chi connectivity index (χ1n) is 8.16. The Morgan fingerprint density at radius 2 is 1.84 bits per heavy atom. The number of hydrogen-bond donors (Lipinski definition) is 2. The van der Waals surface area contributed by atoms with E-state index in [9.17, 15) is 4.79 Å².